The molecule has 0 saturated carbocycles. The summed E-state index contributed by atoms with van der Waals surface area (Å²) in [5.74, 6) is 0.0599. The van der Waals surface area contributed by atoms with Crippen LogP contribution in [-0.2, 0) is 6.42 Å². The van der Waals surface area contributed by atoms with Gasteiger partial charge in [0, 0.05) is 6.42 Å². The van der Waals surface area contributed by atoms with Crippen molar-refractivity contribution >= 4 is 6.29 Å². The van der Waals surface area contributed by atoms with Crippen LogP contribution in [0, 0.1) is 0 Å². The zero-order chi connectivity index (χ0) is 16.4. The van der Waals surface area contributed by atoms with E-state index in [9.17, 15) is 23.1 Å². The third-order valence-electron chi connectivity index (χ3n) is 3.68. The van der Waals surface area contributed by atoms with Crippen LogP contribution in [0.1, 0.15) is 67.3 Å². The van der Waals surface area contributed by atoms with Gasteiger partial charge < -0.3 is 5.11 Å². The lowest BCUT2D eigenvalue weighted by Crippen LogP contribution is -2.06. The second-order valence-corrected chi connectivity index (χ2v) is 5.56. The molecule has 0 heterocycles. The lowest BCUT2D eigenvalue weighted by Gasteiger charge is -2.07. The number of carbonyl (C=O) groups is 1. The van der Waals surface area contributed by atoms with Crippen LogP contribution in [0.3, 0.4) is 0 Å². The number of phenolic OH excluding ortho intramolecular Hbond substituents is 1. The number of alkyl halides is 3. The van der Waals surface area contributed by atoms with E-state index in [2.05, 4.69) is 0 Å². The zero-order valence-electron chi connectivity index (χ0n) is 12.7. The molecule has 0 aliphatic rings. The van der Waals surface area contributed by atoms with Crippen LogP contribution in [0.4, 0.5) is 13.2 Å². The maximum Gasteiger partial charge on any atom is 0.389 e. The van der Waals surface area contributed by atoms with Crippen molar-refractivity contribution in [2.75, 3.05) is 0 Å². The summed E-state index contributed by atoms with van der Waals surface area (Å²) in [7, 11) is 0. The Morgan fingerprint density at radius 2 is 1.55 bits per heavy atom. The second-order valence-electron chi connectivity index (χ2n) is 5.56. The number of rotatable bonds is 10. The molecule has 5 heteroatoms. The summed E-state index contributed by atoms with van der Waals surface area (Å²) in [4.78, 5) is 10.7. The number of hydrogen-bond donors (Lipinski definition) is 1. The smallest absolute Gasteiger partial charge is 0.389 e. The molecule has 0 aromatic heterocycles. The first kappa shape index (κ1) is 18.5. The second kappa shape index (κ2) is 9.49. The van der Waals surface area contributed by atoms with Gasteiger partial charge >= 0.3 is 6.18 Å². The van der Waals surface area contributed by atoms with Gasteiger partial charge in [0.15, 0.2) is 6.29 Å². The van der Waals surface area contributed by atoms with E-state index in [1.165, 1.54) is 0 Å². The molecule has 0 bridgehead atoms. The minimum atomic E-state index is -4.03. The van der Waals surface area contributed by atoms with Crippen molar-refractivity contribution in [3.05, 3.63) is 29.3 Å². The van der Waals surface area contributed by atoms with E-state index >= 15 is 0 Å². The van der Waals surface area contributed by atoms with Gasteiger partial charge in [-0.1, -0.05) is 44.2 Å². The first-order valence-corrected chi connectivity index (χ1v) is 7.77. The Bertz CT molecular complexity index is 456. The van der Waals surface area contributed by atoms with Crippen molar-refractivity contribution in [3.63, 3.8) is 0 Å². The number of carbonyl (C=O) groups excluding carboxylic acids is 1. The lowest BCUT2D eigenvalue weighted by molar-refractivity contribution is -0.135. The standard InChI is InChI=1S/C17H23F3O2/c18-17(19,20)12-7-5-3-1-2-4-6-9-14-10-8-11-15(13-21)16(14)22/h8,10-11,13,22H,1-7,9,12H2. The van der Waals surface area contributed by atoms with Gasteiger partial charge in [0.05, 0.1) is 5.56 Å². The molecule has 1 aromatic rings. The van der Waals surface area contributed by atoms with Crippen molar-refractivity contribution in [1.29, 1.82) is 0 Å². The molecule has 0 radical (unpaired) electrons. The quantitative estimate of drug-likeness (QED) is 0.461. The molecule has 124 valence electrons. The number of unbranched alkanes of at least 4 members (excludes halogenated alkanes) is 6. The van der Waals surface area contributed by atoms with E-state index in [1.807, 2.05) is 0 Å². The first-order valence-electron chi connectivity index (χ1n) is 7.77. The maximum atomic E-state index is 11.9. The summed E-state index contributed by atoms with van der Waals surface area (Å²) in [6.07, 6.45) is 2.12. The topological polar surface area (TPSA) is 37.3 Å². The summed E-state index contributed by atoms with van der Waals surface area (Å²) in [5, 5.41) is 9.83. The highest BCUT2D eigenvalue weighted by Gasteiger charge is 2.25. The Labute approximate surface area is 129 Å². The fourth-order valence-corrected chi connectivity index (χ4v) is 2.43. The van der Waals surface area contributed by atoms with Crippen LogP contribution < -0.4 is 0 Å². The van der Waals surface area contributed by atoms with Gasteiger partial charge in [0.25, 0.3) is 0 Å². The third kappa shape index (κ3) is 7.48. The van der Waals surface area contributed by atoms with Gasteiger partial charge in [-0.3, -0.25) is 4.79 Å². The molecule has 0 aliphatic heterocycles. The minimum absolute atomic E-state index is 0.0599. The van der Waals surface area contributed by atoms with E-state index in [-0.39, 0.29) is 12.2 Å². The van der Waals surface area contributed by atoms with Crippen molar-refractivity contribution in [2.24, 2.45) is 0 Å². The fourth-order valence-electron chi connectivity index (χ4n) is 2.43. The molecule has 1 rings (SSSR count). The predicted octanol–water partition coefficient (Wildman–Crippen LogP) is 5.43. The number of para-hydroxylation sites is 1. The summed E-state index contributed by atoms with van der Waals surface area (Å²) >= 11 is 0. The lowest BCUT2D eigenvalue weighted by atomic mass is 10.0. The minimum Gasteiger partial charge on any atom is -0.507 e. The summed E-state index contributed by atoms with van der Waals surface area (Å²) < 4.78 is 35.8. The van der Waals surface area contributed by atoms with Crippen LogP contribution >= 0.6 is 0 Å². The summed E-state index contributed by atoms with van der Waals surface area (Å²) in [6.45, 7) is 0. The Hall–Kier alpha value is -1.52. The van der Waals surface area contributed by atoms with Gasteiger partial charge in [-0.05, 0) is 30.9 Å². The van der Waals surface area contributed by atoms with Crippen molar-refractivity contribution in [3.8, 4) is 5.75 Å². The van der Waals surface area contributed by atoms with Crippen LogP contribution in [0.2, 0.25) is 0 Å². The fraction of sp³-hybridized carbons (Fsp3) is 0.588. The van der Waals surface area contributed by atoms with Gasteiger partial charge in [-0.25, -0.2) is 0 Å². The monoisotopic (exact) mass is 316 g/mol. The Morgan fingerprint density at radius 3 is 2.14 bits per heavy atom. The van der Waals surface area contributed by atoms with Gasteiger partial charge in [0.1, 0.15) is 5.75 Å². The van der Waals surface area contributed by atoms with Crippen LogP contribution in [0.25, 0.3) is 0 Å². The Morgan fingerprint density at radius 1 is 0.955 bits per heavy atom. The zero-order valence-corrected chi connectivity index (χ0v) is 12.7. The SMILES string of the molecule is O=Cc1cccc(CCCCCCCCCC(F)(F)F)c1O. The number of benzene rings is 1. The largest absolute Gasteiger partial charge is 0.507 e. The molecule has 0 saturated heterocycles. The van der Waals surface area contributed by atoms with Gasteiger partial charge in [-0.2, -0.15) is 13.2 Å². The van der Waals surface area contributed by atoms with Crippen LogP contribution in [0.15, 0.2) is 18.2 Å². The molecule has 0 unspecified atom stereocenters. The molecule has 0 aliphatic carbocycles. The van der Waals surface area contributed by atoms with E-state index in [4.69, 9.17) is 0 Å². The number of hydrogen-bond acceptors (Lipinski definition) is 2. The molecular weight excluding hydrogens is 293 g/mol. The third-order valence-corrected chi connectivity index (χ3v) is 3.68. The van der Waals surface area contributed by atoms with Crippen molar-refractivity contribution in [1.82, 2.24) is 0 Å². The van der Waals surface area contributed by atoms with Crippen molar-refractivity contribution in [2.45, 2.75) is 64.0 Å². The average Bonchev–Trinajstić information content (AvgIpc) is 2.46. The number of aryl methyl sites for hydroxylation is 1. The highest BCUT2D eigenvalue weighted by molar-refractivity contribution is 5.79. The molecule has 1 aromatic carbocycles. The maximum absolute atomic E-state index is 11.9. The number of phenols is 1. The first-order chi connectivity index (χ1) is 10.4. The molecule has 22 heavy (non-hydrogen) atoms. The molecule has 2 nitrogen and oxygen atoms in total. The number of aromatic hydroxyl groups is 1. The normalized spacial score (nSPS) is 11.6. The van der Waals surface area contributed by atoms with E-state index in [0.717, 1.165) is 37.7 Å². The van der Waals surface area contributed by atoms with Gasteiger partial charge in [-0.15, -0.1) is 0 Å². The molecule has 1 N–H and O–H groups in total. The highest BCUT2D eigenvalue weighted by atomic mass is 19.4. The van der Waals surface area contributed by atoms with Gasteiger partial charge in [0.2, 0.25) is 0 Å². The average molecular weight is 316 g/mol. The Kier molecular flexibility index (Phi) is 7.99. The Balaban J connectivity index is 2.08. The predicted molar refractivity (Wildman–Crippen MR) is 80.2 cm³/mol. The van der Waals surface area contributed by atoms with E-state index in [1.54, 1.807) is 18.2 Å². The summed E-state index contributed by atoms with van der Waals surface area (Å²) in [5.41, 5.74) is 1.08. The molecule has 0 amide bonds. The summed E-state index contributed by atoms with van der Waals surface area (Å²) in [6, 6.07) is 5.13. The van der Waals surface area contributed by atoms with Crippen LogP contribution in [0.5, 0.6) is 5.75 Å². The molecule has 0 fully saturated rings. The molecule has 0 atom stereocenters. The number of aldehydes is 1. The van der Waals surface area contributed by atoms with Crippen molar-refractivity contribution < 1.29 is 23.1 Å². The van der Waals surface area contributed by atoms with E-state index < -0.39 is 12.6 Å². The van der Waals surface area contributed by atoms with E-state index in [0.29, 0.717) is 24.7 Å². The number of halogens is 3. The van der Waals surface area contributed by atoms with Crippen LogP contribution in [-0.4, -0.2) is 17.6 Å². The molecule has 0 spiro atoms. The highest BCUT2D eigenvalue weighted by Crippen LogP contribution is 2.24. The molecular formula is C17H23F3O2.